The Morgan fingerprint density at radius 2 is 1.93 bits per heavy atom. The maximum absolute atomic E-state index is 12.1. The highest BCUT2D eigenvalue weighted by molar-refractivity contribution is 5.92. The molecule has 1 amide bonds. The monoisotopic (exact) mass is 400 g/mol. The number of nitrogens with one attached hydrogen (secondary N) is 2. The van der Waals surface area contributed by atoms with Gasteiger partial charge in [-0.2, -0.15) is 0 Å². The van der Waals surface area contributed by atoms with Gasteiger partial charge in [0.2, 0.25) is 5.91 Å². The van der Waals surface area contributed by atoms with Gasteiger partial charge in [0.15, 0.2) is 5.69 Å². The molecule has 3 aromatic rings. The largest absolute Gasteiger partial charge is 0.387 e. The zero-order valence-electron chi connectivity index (χ0n) is 16.6. The lowest BCUT2D eigenvalue weighted by atomic mass is 10.1. The van der Waals surface area contributed by atoms with Crippen LogP contribution in [0.1, 0.15) is 22.9 Å². The molecule has 0 fully saturated rings. The molecule has 0 aliphatic rings. The van der Waals surface area contributed by atoms with E-state index >= 15 is 0 Å². The standard InChI is InChI=1S/C24H24N4O2/c1-25-21-7-4-5-19(15-21)23(29)17-26-14-12-18-8-10-20(11-9-18)28-24(30)16-22-6-2-3-13-27-22/h2-11,13,15,23,26,29H,12,14,16-17H2,(H,28,30). The van der Waals surface area contributed by atoms with Gasteiger partial charge in [0, 0.05) is 24.1 Å². The number of hydrogen-bond acceptors (Lipinski definition) is 4. The van der Waals surface area contributed by atoms with Crippen molar-refractivity contribution in [2.45, 2.75) is 18.9 Å². The molecule has 152 valence electrons. The number of hydrogen-bond donors (Lipinski definition) is 3. The minimum Gasteiger partial charge on any atom is -0.387 e. The van der Waals surface area contributed by atoms with E-state index < -0.39 is 6.10 Å². The molecule has 1 heterocycles. The lowest BCUT2D eigenvalue weighted by Crippen LogP contribution is -2.23. The van der Waals surface area contributed by atoms with Crippen molar-refractivity contribution in [3.05, 3.63) is 101 Å². The van der Waals surface area contributed by atoms with Crippen LogP contribution in [0.15, 0.2) is 72.9 Å². The maximum Gasteiger partial charge on any atom is 0.230 e. The van der Waals surface area contributed by atoms with E-state index in [4.69, 9.17) is 6.57 Å². The molecule has 0 aliphatic carbocycles. The normalized spacial score (nSPS) is 11.5. The summed E-state index contributed by atoms with van der Waals surface area (Å²) in [6.07, 6.45) is 2.07. The molecular formula is C24H24N4O2. The molecule has 6 nitrogen and oxygen atoms in total. The summed E-state index contributed by atoms with van der Waals surface area (Å²) < 4.78 is 0. The minimum atomic E-state index is -0.650. The molecule has 30 heavy (non-hydrogen) atoms. The van der Waals surface area contributed by atoms with Gasteiger partial charge in [0.25, 0.3) is 0 Å². The summed E-state index contributed by atoms with van der Waals surface area (Å²) in [5, 5.41) is 16.4. The number of aliphatic hydroxyl groups is 1. The van der Waals surface area contributed by atoms with E-state index in [1.165, 1.54) is 0 Å². The van der Waals surface area contributed by atoms with Crippen LogP contribution in [0.2, 0.25) is 0 Å². The molecule has 1 aromatic heterocycles. The van der Waals surface area contributed by atoms with Crippen LogP contribution < -0.4 is 10.6 Å². The Bertz CT molecular complexity index is 998. The zero-order valence-corrected chi connectivity index (χ0v) is 16.6. The summed E-state index contributed by atoms with van der Waals surface area (Å²) in [7, 11) is 0. The van der Waals surface area contributed by atoms with E-state index in [9.17, 15) is 9.90 Å². The Morgan fingerprint density at radius 3 is 2.67 bits per heavy atom. The van der Waals surface area contributed by atoms with Gasteiger partial charge in [-0.1, -0.05) is 42.5 Å². The van der Waals surface area contributed by atoms with E-state index in [1.54, 1.807) is 24.4 Å². The number of anilines is 1. The summed E-state index contributed by atoms with van der Waals surface area (Å²) in [4.78, 5) is 19.6. The molecule has 0 spiro atoms. The molecular weight excluding hydrogens is 376 g/mol. The predicted octanol–water partition coefficient (Wildman–Crippen LogP) is 3.68. The van der Waals surface area contributed by atoms with Crippen LogP contribution in [0.5, 0.6) is 0 Å². The van der Waals surface area contributed by atoms with Crippen LogP contribution in [-0.4, -0.2) is 29.1 Å². The summed E-state index contributed by atoms with van der Waals surface area (Å²) in [6.45, 7) is 8.18. The quantitative estimate of drug-likeness (QED) is 0.378. The highest BCUT2D eigenvalue weighted by Gasteiger charge is 2.08. The Balaban J connectivity index is 1.40. The first-order valence-corrected chi connectivity index (χ1v) is 9.79. The highest BCUT2D eigenvalue weighted by atomic mass is 16.3. The van der Waals surface area contributed by atoms with Crippen LogP contribution in [-0.2, 0) is 17.6 Å². The fourth-order valence-electron chi connectivity index (χ4n) is 3.02. The highest BCUT2D eigenvalue weighted by Crippen LogP contribution is 2.19. The van der Waals surface area contributed by atoms with Crippen LogP contribution in [0, 0.1) is 6.57 Å². The van der Waals surface area contributed by atoms with E-state index in [-0.39, 0.29) is 12.3 Å². The van der Waals surface area contributed by atoms with Gasteiger partial charge in [0.1, 0.15) is 0 Å². The minimum absolute atomic E-state index is 0.0978. The van der Waals surface area contributed by atoms with Gasteiger partial charge in [-0.15, -0.1) is 0 Å². The molecule has 1 atom stereocenters. The first-order valence-electron chi connectivity index (χ1n) is 9.79. The van der Waals surface area contributed by atoms with Crippen LogP contribution >= 0.6 is 0 Å². The Morgan fingerprint density at radius 1 is 1.10 bits per heavy atom. The van der Waals surface area contributed by atoms with Crippen molar-refractivity contribution in [2.75, 3.05) is 18.4 Å². The van der Waals surface area contributed by atoms with Crippen molar-refractivity contribution in [2.24, 2.45) is 0 Å². The summed E-state index contributed by atoms with van der Waals surface area (Å²) in [5.41, 5.74) is 3.89. The average Bonchev–Trinajstić information content (AvgIpc) is 2.78. The van der Waals surface area contributed by atoms with E-state index in [2.05, 4.69) is 20.5 Å². The van der Waals surface area contributed by atoms with Crippen LogP contribution in [0.3, 0.4) is 0 Å². The lowest BCUT2D eigenvalue weighted by molar-refractivity contribution is -0.115. The van der Waals surface area contributed by atoms with Gasteiger partial charge in [-0.3, -0.25) is 9.78 Å². The van der Waals surface area contributed by atoms with Gasteiger partial charge >= 0.3 is 0 Å². The van der Waals surface area contributed by atoms with Crippen LogP contribution in [0.25, 0.3) is 4.85 Å². The number of aromatic nitrogens is 1. The summed E-state index contributed by atoms with van der Waals surface area (Å²) in [6, 6.07) is 20.3. The first-order chi connectivity index (χ1) is 14.6. The Kier molecular flexibility index (Phi) is 7.67. The molecule has 3 rings (SSSR count). The molecule has 2 aromatic carbocycles. The van der Waals surface area contributed by atoms with Crippen molar-refractivity contribution < 1.29 is 9.90 Å². The zero-order chi connectivity index (χ0) is 21.2. The molecule has 6 heteroatoms. The second kappa shape index (κ2) is 10.9. The first kappa shape index (κ1) is 21.2. The van der Waals surface area contributed by atoms with E-state index in [0.717, 1.165) is 28.9 Å². The third-order valence-corrected chi connectivity index (χ3v) is 4.62. The molecule has 0 bridgehead atoms. The van der Waals surface area contributed by atoms with Gasteiger partial charge in [-0.05, 0) is 48.4 Å². The van der Waals surface area contributed by atoms with Gasteiger partial charge < -0.3 is 15.7 Å². The topological polar surface area (TPSA) is 78.6 Å². The fraction of sp³-hybridized carbons (Fsp3) is 0.208. The molecule has 0 saturated heterocycles. The lowest BCUT2D eigenvalue weighted by Gasteiger charge is -2.13. The average molecular weight is 400 g/mol. The number of carbonyl (C=O) groups is 1. The van der Waals surface area contributed by atoms with Gasteiger partial charge in [-0.25, -0.2) is 4.85 Å². The van der Waals surface area contributed by atoms with E-state index in [0.29, 0.717) is 18.8 Å². The molecule has 1 unspecified atom stereocenters. The second-order valence-corrected chi connectivity index (χ2v) is 6.92. The number of benzene rings is 2. The van der Waals surface area contributed by atoms with Crippen molar-refractivity contribution >= 4 is 17.3 Å². The smallest absolute Gasteiger partial charge is 0.230 e. The van der Waals surface area contributed by atoms with Crippen LogP contribution in [0.4, 0.5) is 11.4 Å². The molecule has 3 N–H and O–H groups in total. The number of pyridine rings is 1. The number of carbonyl (C=O) groups excluding carboxylic acids is 1. The predicted molar refractivity (Wildman–Crippen MR) is 117 cm³/mol. The second-order valence-electron chi connectivity index (χ2n) is 6.92. The Hall–Kier alpha value is -3.53. The number of nitrogens with zero attached hydrogens (tertiary/aromatic N) is 2. The SMILES string of the molecule is [C-]#[N+]c1cccc(C(O)CNCCc2ccc(NC(=O)Cc3ccccn3)cc2)c1. The van der Waals surface area contributed by atoms with Crippen molar-refractivity contribution in [3.8, 4) is 0 Å². The summed E-state index contributed by atoms with van der Waals surface area (Å²) in [5.74, 6) is -0.0978. The fourth-order valence-corrected chi connectivity index (χ4v) is 3.02. The molecule has 0 aliphatic heterocycles. The number of amides is 1. The van der Waals surface area contributed by atoms with Gasteiger partial charge in [0.05, 0.1) is 19.1 Å². The van der Waals surface area contributed by atoms with Crippen molar-refractivity contribution in [1.82, 2.24) is 10.3 Å². The third-order valence-electron chi connectivity index (χ3n) is 4.62. The molecule has 0 saturated carbocycles. The Labute approximate surface area is 176 Å². The van der Waals surface area contributed by atoms with Crippen molar-refractivity contribution in [3.63, 3.8) is 0 Å². The summed E-state index contributed by atoms with van der Waals surface area (Å²) >= 11 is 0. The number of rotatable bonds is 9. The van der Waals surface area contributed by atoms with E-state index in [1.807, 2.05) is 48.5 Å². The third kappa shape index (κ3) is 6.52. The maximum atomic E-state index is 12.1. The number of aliphatic hydroxyl groups excluding tert-OH is 1. The molecule has 0 radical (unpaired) electrons. The van der Waals surface area contributed by atoms with Crippen molar-refractivity contribution in [1.29, 1.82) is 0 Å².